The van der Waals surface area contributed by atoms with E-state index in [4.69, 9.17) is 4.74 Å². The number of methoxy groups -OCH3 is 1. The second-order valence-corrected chi connectivity index (χ2v) is 17.4. The maximum absolute atomic E-state index is 9.75. The molecule has 0 aromatic heterocycles. The molecule has 0 aliphatic heterocycles. The molecule has 0 radical (unpaired) electrons. The molecule has 4 heteroatoms. The fraction of sp³-hybridized carbons (Fsp3) is 0.296. The van der Waals surface area contributed by atoms with E-state index in [2.05, 4.69) is 145 Å². The molecular weight excluding hydrogens is 709 g/mol. The lowest BCUT2D eigenvalue weighted by atomic mass is 9.42. The molecule has 58 heavy (non-hydrogen) atoms. The minimum absolute atomic E-state index is 0.0154. The Kier molecular flexibility index (Phi) is 10.5. The van der Waals surface area contributed by atoms with Gasteiger partial charge in [-0.1, -0.05) is 86.7 Å². The van der Waals surface area contributed by atoms with Crippen molar-refractivity contribution in [2.45, 2.75) is 82.1 Å². The highest BCUT2D eigenvalue weighted by molar-refractivity contribution is 5.81. The van der Waals surface area contributed by atoms with Crippen LogP contribution in [0, 0.1) is 11.8 Å². The standard InChI is InChI=1S/C54H56N2O2/c1-4-6-7-40-10-18-46(19-11-40)55(49-24-26-50(27-25-49)56(47-20-12-41(37-57)13-21-47)51-28-30-52(58-3)31-29-51)48-22-16-45(17-23-48)54-35-42-32-43(36-54)34-53(33-42,38-54)44-14-8-39(5-2)9-15-44/h5,8-31,42-43,57H,2,4,6-7,32-38H2,1,3H3. The zero-order valence-corrected chi connectivity index (χ0v) is 34.1. The molecule has 4 bridgehead atoms. The lowest BCUT2D eigenvalue weighted by molar-refractivity contribution is -0.0281. The summed E-state index contributed by atoms with van der Waals surface area (Å²) in [5.41, 5.74) is 13.6. The molecule has 10 rings (SSSR count). The van der Waals surface area contributed by atoms with Gasteiger partial charge in [-0.15, -0.1) is 0 Å². The largest absolute Gasteiger partial charge is 0.497 e. The molecule has 4 saturated carbocycles. The first kappa shape index (κ1) is 38.0. The van der Waals surface area contributed by atoms with Crippen LogP contribution >= 0.6 is 0 Å². The summed E-state index contributed by atoms with van der Waals surface area (Å²) >= 11 is 0. The normalized spacial score (nSPS) is 21.8. The molecule has 0 heterocycles. The second kappa shape index (κ2) is 16.0. The average Bonchev–Trinajstić information content (AvgIpc) is 3.27. The average molecular weight is 765 g/mol. The van der Waals surface area contributed by atoms with Gasteiger partial charge in [-0.3, -0.25) is 0 Å². The van der Waals surface area contributed by atoms with Crippen LogP contribution in [0.2, 0.25) is 0 Å². The van der Waals surface area contributed by atoms with Gasteiger partial charge in [0.25, 0.3) is 0 Å². The molecule has 4 aliphatic carbocycles. The predicted molar refractivity (Wildman–Crippen MR) is 241 cm³/mol. The van der Waals surface area contributed by atoms with E-state index in [1.54, 1.807) is 7.11 Å². The van der Waals surface area contributed by atoms with Crippen molar-refractivity contribution in [2.24, 2.45) is 11.8 Å². The number of anilines is 6. The van der Waals surface area contributed by atoms with E-state index in [1.165, 1.54) is 79.3 Å². The molecule has 6 aromatic rings. The third-order valence-corrected chi connectivity index (χ3v) is 13.6. The number of hydrogen-bond donors (Lipinski definition) is 1. The van der Waals surface area contributed by atoms with Crippen LogP contribution in [-0.4, -0.2) is 12.2 Å². The van der Waals surface area contributed by atoms with Crippen LogP contribution in [0.5, 0.6) is 5.75 Å². The lowest BCUT2D eigenvalue weighted by Gasteiger charge is -2.63. The van der Waals surface area contributed by atoms with Gasteiger partial charge in [0.15, 0.2) is 0 Å². The zero-order valence-electron chi connectivity index (χ0n) is 34.1. The minimum Gasteiger partial charge on any atom is -0.497 e. The van der Waals surface area contributed by atoms with Gasteiger partial charge in [0.05, 0.1) is 13.7 Å². The van der Waals surface area contributed by atoms with Crippen LogP contribution in [0.25, 0.3) is 6.08 Å². The van der Waals surface area contributed by atoms with Gasteiger partial charge in [0, 0.05) is 34.1 Å². The Hall–Kier alpha value is -5.58. The molecule has 4 fully saturated rings. The second-order valence-electron chi connectivity index (χ2n) is 17.4. The Labute approximate surface area is 345 Å². The number of nitrogens with zero attached hydrogens (tertiary/aromatic N) is 2. The minimum atomic E-state index is 0.0154. The number of unbranched alkanes of at least 4 members (excludes halogenated alkanes) is 1. The number of aliphatic hydroxyl groups is 1. The molecule has 4 aliphatic rings. The highest BCUT2D eigenvalue weighted by atomic mass is 16.5. The topological polar surface area (TPSA) is 35.9 Å². The molecule has 6 aromatic carbocycles. The van der Waals surface area contributed by atoms with Crippen molar-refractivity contribution in [3.8, 4) is 5.75 Å². The van der Waals surface area contributed by atoms with Gasteiger partial charge in [0.1, 0.15) is 5.75 Å². The molecule has 0 amide bonds. The van der Waals surface area contributed by atoms with Crippen LogP contribution < -0.4 is 14.5 Å². The Balaban J connectivity index is 1.06. The highest BCUT2D eigenvalue weighted by Crippen LogP contribution is 2.66. The summed E-state index contributed by atoms with van der Waals surface area (Å²) in [6.07, 6.45) is 13.4. The highest BCUT2D eigenvalue weighted by Gasteiger charge is 2.58. The smallest absolute Gasteiger partial charge is 0.119 e. The number of aliphatic hydroxyl groups excluding tert-OH is 1. The molecule has 0 spiro atoms. The fourth-order valence-corrected chi connectivity index (χ4v) is 11.2. The molecular formula is C54H56N2O2. The van der Waals surface area contributed by atoms with Crippen LogP contribution in [0.3, 0.4) is 0 Å². The van der Waals surface area contributed by atoms with E-state index < -0.39 is 0 Å². The summed E-state index contributed by atoms with van der Waals surface area (Å²) in [5, 5.41) is 9.75. The van der Waals surface area contributed by atoms with Crippen molar-refractivity contribution in [2.75, 3.05) is 16.9 Å². The van der Waals surface area contributed by atoms with Crippen molar-refractivity contribution in [3.63, 3.8) is 0 Å². The molecule has 2 atom stereocenters. The maximum Gasteiger partial charge on any atom is 0.119 e. The summed E-state index contributed by atoms with van der Waals surface area (Å²) in [6, 6.07) is 53.4. The lowest BCUT2D eigenvalue weighted by Crippen LogP contribution is -2.55. The monoisotopic (exact) mass is 764 g/mol. The summed E-state index contributed by atoms with van der Waals surface area (Å²) in [6.45, 7) is 6.28. The van der Waals surface area contributed by atoms with Gasteiger partial charge >= 0.3 is 0 Å². The molecule has 2 unspecified atom stereocenters. The van der Waals surface area contributed by atoms with E-state index in [-0.39, 0.29) is 17.4 Å². The summed E-state index contributed by atoms with van der Waals surface area (Å²) in [7, 11) is 1.69. The van der Waals surface area contributed by atoms with Gasteiger partial charge in [-0.2, -0.15) is 0 Å². The third-order valence-electron chi connectivity index (χ3n) is 13.6. The molecule has 294 valence electrons. The quantitative estimate of drug-likeness (QED) is 0.120. The maximum atomic E-state index is 9.75. The number of hydrogen-bond acceptors (Lipinski definition) is 4. The third kappa shape index (κ3) is 7.24. The van der Waals surface area contributed by atoms with Crippen molar-refractivity contribution < 1.29 is 9.84 Å². The van der Waals surface area contributed by atoms with Crippen LogP contribution in [0.4, 0.5) is 34.1 Å². The van der Waals surface area contributed by atoms with Crippen molar-refractivity contribution in [1.82, 2.24) is 0 Å². The van der Waals surface area contributed by atoms with Crippen molar-refractivity contribution in [3.05, 3.63) is 180 Å². The van der Waals surface area contributed by atoms with Gasteiger partial charge in [-0.05, 0) is 187 Å². The molecule has 0 saturated heterocycles. The molecule has 1 N–H and O–H groups in total. The first-order valence-corrected chi connectivity index (χ1v) is 21.4. The summed E-state index contributed by atoms with van der Waals surface area (Å²) in [4.78, 5) is 4.66. The molecule has 4 nitrogen and oxygen atoms in total. The van der Waals surface area contributed by atoms with Crippen molar-refractivity contribution in [1.29, 1.82) is 0 Å². The van der Waals surface area contributed by atoms with E-state index in [9.17, 15) is 5.11 Å². The van der Waals surface area contributed by atoms with E-state index in [0.29, 0.717) is 0 Å². The number of ether oxygens (including phenoxy) is 1. The zero-order chi connectivity index (χ0) is 39.7. The number of aryl methyl sites for hydroxylation is 1. The number of benzene rings is 6. The van der Waals surface area contributed by atoms with Gasteiger partial charge in [0.2, 0.25) is 0 Å². The summed E-state index contributed by atoms with van der Waals surface area (Å²) < 4.78 is 5.49. The Bertz CT molecular complexity index is 2250. The Morgan fingerprint density at radius 2 is 0.983 bits per heavy atom. The predicted octanol–water partition coefficient (Wildman–Crippen LogP) is 13.9. The van der Waals surface area contributed by atoms with Crippen LogP contribution in [-0.2, 0) is 23.9 Å². The van der Waals surface area contributed by atoms with E-state index in [0.717, 1.165) is 58.0 Å². The van der Waals surface area contributed by atoms with E-state index in [1.807, 2.05) is 30.3 Å². The number of rotatable bonds is 14. The van der Waals surface area contributed by atoms with Crippen LogP contribution in [0.1, 0.15) is 86.1 Å². The summed E-state index contributed by atoms with van der Waals surface area (Å²) in [5.74, 6) is 2.41. The first-order chi connectivity index (χ1) is 28.4. The Morgan fingerprint density at radius 3 is 1.40 bits per heavy atom. The SMILES string of the molecule is C=Cc1ccc(C23CC4CC(C2)CC(c2ccc(N(c5ccc(CCCC)cc5)c5ccc(N(c6ccc(CO)cc6)c6ccc(OC)cc6)cc5)cc2)(C4)C3)cc1. The fourth-order valence-electron chi connectivity index (χ4n) is 11.2. The van der Waals surface area contributed by atoms with Gasteiger partial charge < -0.3 is 19.6 Å². The van der Waals surface area contributed by atoms with Crippen LogP contribution in [0.15, 0.2) is 152 Å². The first-order valence-electron chi connectivity index (χ1n) is 21.4. The van der Waals surface area contributed by atoms with Crippen molar-refractivity contribution >= 4 is 40.2 Å². The van der Waals surface area contributed by atoms with Gasteiger partial charge in [-0.25, -0.2) is 0 Å². The Morgan fingerprint density at radius 1 is 0.586 bits per heavy atom. The van der Waals surface area contributed by atoms with E-state index >= 15 is 0 Å².